The van der Waals surface area contributed by atoms with Crippen molar-refractivity contribution in [3.05, 3.63) is 35.4 Å². The van der Waals surface area contributed by atoms with E-state index >= 15 is 0 Å². The smallest absolute Gasteiger partial charge is 0.237 e. The van der Waals surface area contributed by atoms with E-state index in [0.29, 0.717) is 35.2 Å². The number of aromatic nitrogens is 3. The Kier molecular flexibility index (Phi) is 7.43. The largest absolute Gasteiger partial charge is 0.376 e. The number of aryl methyl sites for hydroxylation is 2. The van der Waals surface area contributed by atoms with Crippen molar-refractivity contribution >= 4 is 29.3 Å². The number of benzene rings is 1. The lowest BCUT2D eigenvalue weighted by Crippen LogP contribution is -2.24. The lowest BCUT2D eigenvalue weighted by atomic mass is 10.2. The molecule has 1 fully saturated rings. The van der Waals surface area contributed by atoms with Gasteiger partial charge in [-0.05, 0) is 44.4 Å². The van der Waals surface area contributed by atoms with Crippen molar-refractivity contribution < 1.29 is 18.7 Å². The van der Waals surface area contributed by atoms with Crippen LogP contribution in [0.1, 0.15) is 37.6 Å². The molecule has 2 aromatic rings. The summed E-state index contributed by atoms with van der Waals surface area (Å²) in [5, 5.41) is 11.2. The van der Waals surface area contributed by atoms with Gasteiger partial charge in [0.15, 0.2) is 5.16 Å². The Labute approximate surface area is 178 Å². The minimum atomic E-state index is -0.495. The molecule has 2 atom stereocenters. The fourth-order valence-corrected chi connectivity index (χ4v) is 4.00. The molecule has 0 spiro atoms. The number of halogens is 1. The first-order valence-corrected chi connectivity index (χ1v) is 10.8. The number of nitrogens with zero attached hydrogens (tertiary/aromatic N) is 3. The van der Waals surface area contributed by atoms with Crippen molar-refractivity contribution in [2.75, 3.05) is 11.9 Å². The summed E-state index contributed by atoms with van der Waals surface area (Å²) >= 11 is 1.26. The molecule has 1 aliphatic rings. The third-order valence-electron chi connectivity index (χ3n) is 4.89. The molecule has 0 bridgehead atoms. The summed E-state index contributed by atoms with van der Waals surface area (Å²) in [7, 11) is 0. The SMILES string of the molecule is Cc1ccc(NC(=O)C(C)Sc2nnc(CCC(N)=O)n2CC2CCCO2)cc1F. The normalized spacial score (nSPS) is 17.1. The highest BCUT2D eigenvalue weighted by atomic mass is 32.2. The average Bonchev–Trinajstić information content (AvgIpc) is 3.34. The molecule has 0 radical (unpaired) electrons. The van der Waals surface area contributed by atoms with Crippen LogP contribution in [-0.4, -0.2) is 44.5 Å². The van der Waals surface area contributed by atoms with Crippen LogP contribution in [0.3, 0.4) is 0 Å². The molecule has 2 unspecified atom stereocenters. The topological polar surface area (TPSA) is 112 Å². The summed E-state index contributed by atoms with van der Waals surface area (Å²) in [6.45, 7) is 4.69. The molecule has 1 aromatic carbocycles. The Bertz CT molecular complexity index is 914. The quantitative estimate of drug-likeness (QED) is 0.585. The van der Waals surface area contributed by atoms with Gasteiger partial charge in [0.25, 0.3) is 0 Å². The third kappa shape index (κ3) is 5.79. The fraction of sp³-hybridized carbons (Fsp3) is 0.500. The Balaban J connectivity index is 1.70. The van der Waals surface area contributed by atoms with Crippen LogP contribution in [0.2, 0.25) is 0 Å². The van der Waals surface area contributed by atoms with Crippen LogP contribution in [0.15, 0.2) is 23.4 Å². The number of primary amides is 1. The minimum absolute atomic E-state index is 0.0485. The number of carbonyl (C=O) groups is 2. The van der Waals surface area contributed by atoms with Crippen molar-refractivity contribution in [2.45, 2.75) is 62.6 Å². The maximum atomic E-state index is 13.7. The molecule has 1 aliphatic heterocycles. The molecular weight excluding hydrogens is 409 g/mol. The van der Waals surface area contributed by atoms with Gasteiger partial charge in [-0.25, -0.2) is 4.39 Å². The molecule has 3 rings (SSSR count). The van der Waals surface area contributed by atoms with Crippen LogP contribution >= 0.6 is 11.8 Å². The van der Waals surface area contributed by atoms with E-state index in [1.165, 1.54) is 17.8 Å². The average molecular weight is 436 g/mol. The van der Waals surface area contributed by atoms with Gasteiger partial charge < -0.3 is 20.4 Å². The zero-order valence-corrected chi connectivity index (χ0v) is 17.9. The predicted molar refractivity (Wildman–Crippen MR) is 112 cm³/mol. The highest BCUT2D eigenvalue weighted by molar-refractivity contribution is 8.00. The van der Waals surface area contributed by atoms with Gasteiger partial charge in [0, 0.05) is 25.1 Å². The van der Waals surface area contributed by atoms with E-state index in [1.54, 1.807) is 26.0 Å². The molecule has 0 saturated carbocycles. The monoisotopic (exact) mass is 435 g/mol. The first-order chi connectivity index (χ1) is 14.3. The molecule has 3 N–H and O–H groups in total. The van der Waals surface area contributed by atoms with Crippen molar-refractivity contribution in [1.82, 2.24) is 14.8 Å². The van der Waals surface area contributed by atoms with Crippen molar-refractivity contribution in [3.8, 4) is 0 Å². The fourth-order valence-electron chi connectivity index (χ4n) is 3.13. The van der Waals surface area contributed by atoms with Crippen molar-refractivity contribution in [2.24, 2.45) is 5.73 Å². The van der Waals surface area contributed by atoms with Crippen LogP contribution in [0.5, 0.6) is 0 Å². The molecular formula is C20H26FN5O3S. The number of hydrogen-bond donors (Lipinski definition) is 2. The number of nitrogens with two attached hydrogens (primary N) is 1. The maximum Gasteiger partial charge on any atom is 0.237 e. The van der Waals surface area contributed by atoms with E-state index < -0.39 is 11.2 Å². The van der Waals surface area contributed by atoms with Gasteiger partial charge in [-0.3, -0.25) is 9.59 Å². The summed E-state index contributed by atoms with van der Waals surface area (Å²) in [6, 6.07) is 4.58. The van der Waals surface area contributed by atoms with Crippen LogP contribution in [0.4, 0.5) is 10.1 Å². The van der Waals surface area contributed by atoms with Gasteiger partial charge in [0.2, 0.25) is 11.8 Å². The Hall–Kier alpha value is -2.46. The first kappa shape index (κ1) is 22.2. The summed E-state index contributed by atoms with van der Waals surface area (Å²) in [6.07, 6.45) is 2.53. The van der Waals surface area contributed by atoms with Gasteiger partial charge in [-0.15, -0.1) is 10.2 Å². The zero-order chi connectivity index (χ0) is 21.7. The number of anilines is 1. The summed E-state index contributed by atoms with van der Waals surface area (Å²) in [4.78, 5) is 23.8. The lowest BCUT2D eigenvalue weighted by molar-refractivity contribution is -0.118. The molecule has 1 aromatic heterocycles. The Morgan fingerprint density at radius 1 is 1.43 bits per heavy atom. The number of nitrogens with one attached hydrogen (secondary N) is 1. The number of hydrogen-bond acceptors (Lipinski definition) is 6. The number of carbonyl (C=O) groups excluding carboxylic acids is 2. The number of amides is 2. The molecule has 8 nitrogen and oxygen atoms in total. The van der Waals surface area contributed by atoms with Gasteiger partial charge in [0.1, 0.15) is 11.6 Å². The predicted octanol–water partition coefficient (Wildman–Crippen LogP) is 2.44. The van der Waals surface area contributed by atoms with Crippen LogP contribution < -0.4 is 11.1 Å². The number of thioether (sulfide) groups is 1. The molecule has 2 heterocycles. The second-order valence-electron chi connectivity index (χ2n) is 7.32. The summed E-state index contributed by atoms with van der Waals surface area (Å²) in [5.74, 6) is -0.411. The number of ether oxygens (including phenoxy) is 1. The molecule has 0 aliphatic carbocycles. The van der Waals surface area contributed by atoms with Crippen LogP contribution in [0, 0.1) is 12.7 Å². The lowest BCUT2D eigenvalue weighted by Gasteiger charge is -2.16. The van der Waals surface area contributed by atoms with Crippen LogP contribution in [0.25, 0.3) is 0 Å². The highest BCUT2D eigenvalue weighted by Crippen LogP contribution is 2.26. The molecule has 30 heavy (non-hydrogen) atoms. The molecule has 2 amide bonds. The van der Waals surface area contributed by atoms with Gasteiger partial charge in [-0.1, -0.05) is 17.8 Å². The summed E-state index contributed by atoms with van der Waals surface area (Å²) < 4.78 is 21.4. The second-order valence-corrected chi connectivity index (χ2v) is 8.63. The standard InChI is InChI=1S/C20H26FN5O3S/c1-12-5-6-14(10-16(12)21)23-19(28)13(2)30-20-25-24-18(8-7-17(22)27)26(20)11-15-4-3-9-29-15/h5-6,10,13,15H,3-4,7-9,11H2,1-2H3,(H2,22,27)(H,23,28). The van der Waals surface area contributed by atoms with Crippen molar-refractivity contribution in [3.63, 3.8) is 0 Å². The Morgan fingerprint density at radius 2 is 2.23 bits per heavy atom. The first-order valence-electron chi connectivity index (χ1n) is 9.89. The highest BCUT2D eigenvalue weighted by Gasteiger charge is 2.24. The van der Waals surface area contributed by atoms with E-state index in [9.17, 15) is 14.0 Å². The Morgan fingerprint density at radius 3 is 2.90 bits per heavy atom. The molecule has 1 saturated heterocycles. The van der Waals surface area contributed by atoms with E-state index in [0.717, 1.165) is 19.4 Å². The number of rotatable bonds is 9. The van der Waals surface area contributed by atoms with Crippen molar-refractivity contribution in [1.29, 1.82) is 0 Å². The summed E-state index contributed by atoms with van der Waals surface area (Å²) in [5.41, 5.74) is 6.18. The molecule has 10 heteroatoms. The third-order valence-corrected chi connectivity index (χ3v) is 5.97. The van der Waals surface area contributed by atoms with E-state index in [1.807, 2.05) is 4.57 Å². The maximum absolute atomic E-state index is 13.7. The van der Waals surface area contributed by atoms with Gasteiger partial charge in [-0.2, -0.15) is 0 Å². The van der Waals surface area contributed by atoms with E-state index in [4.69, 9.17) is 10.5 Å². The van der Waals surface area contributed by atoms with E-state index in [-0.39, 0.29) is 24.2 Å². The minimum Gasteiger partial charge on any atom is -0.376 e. The van der Waals surface area contributed by atoms with Crippen LogP contribution in [-0.2, 0) is 27.3 Å². The molecule has 162 valence electrons. The zero-order valence-electron chi connectivity index (χ0n) is 17.1. The van der Waals surface area contributed by atoms with Gasteiger partial charge >= 0.3 is 0 Å². The second kappa shape index (κ2) is 10.0. The van der Waals surface area contributed by atoms with Gasteiger partial charge in [0.05, 0.1) is 17.9 Å². The van der Waals surface area contributed by atoms with E-state index in [2.05, 4.69) is 15.5 Å².